The molecule has 3 aromatic rings. The lowest BCUT2D eigenvalue weighted by atomic mass is 9.94. The first-order chi connectivity index (χ1) is 15.0. The maximum atomic E-state index is 13.1. The summed E-state index contributed by atoms with van der Waals surface area (Å²) in [7, 11) is 0. The number of halogens is 1. The minimum Gasteiger partial charge on any atom is -0.381 e. The lowest BCUT2D eigenvalue weighted by Gasteiger charge is -2.25. The summed E-state index contributed by atoms with van der Waals surface area (Å²) in [5.74, 6) is 0.0930. The smallest absolute Gasteiger partial charge is 0.255 e. The molecule has 7 nitrogen and oxygen atoms in total. The molecule has 162 valence electrons. The fraction of sp³-hybridized carbons (Fsp3) is 0.391. The number of nitrogens with one attached hydrogen (secondary N) is 2. The predicted molar refractivity (Wildman–Crippen MR) is 121 cm³/mol. The van der Waals surface area contributed by atoms with Crippen molar-refractivity contribution in [3.05, 3.63) is 52.3 Å². The Morgan fingerprint density at radius 1 is 1.26 bits per heavy atom. The van der Waals surface area contributed by atoms with E-state index in [0.717, 1.165) is 40.7 Å². The number of carbonyl (C=O) groups is 2. The zero-order valence-corrected chi connectivity index (χ0v) is 18.5. The average molecular weight is 440 g/mol. The molecule has 4 rings (SSSR count). The zero-order valence-electron chi connectivity index (χ0n) is 17.7. The number of fused-ring (bicyclic) bond motifs is 1. The standard InChI is InChI=1S/C23H26ClN5O2/c1-3-29-22-19(13-27-29)21(28-17-6-8-18(30)9-7-17)20(12-25-22)23(31)26-11-15-4-5-16(24)10-14(15)2/h4-5,10,12-13,17H,3,6-9,11H2,1-2H3,(H,25,28)(H,26,31). The normalized spacial score (nSPS) is 14.7. The molecule has 0 aliphatic heterocycles. The van der Waals surface area contributed by atoms with Gasteiger partial charge in [-0.1, -0.05) is 17.7 Å². The molecular formula is C23H26ClN5O2. The number of anilines is 1. The van der Waals surface area contributed by atoms with Crippen molar-refractivity contribution in [3.63, 3.8) is 0 Å². The molecule has 0 saturated heterocycles. The van der Waals surface area contributed by atoms with E-state index in [4.69, 9.17) is 11.6 Å². The van der Waals surface area contributed by atoms with Gasteiger partial charge in [0.1, 0.15) is 5.78 Å². The number of rotatable bonds is 6. The predicted octanol–water partition coefficient (Wildman–Crippen LogP) is 4.27. The van der Waals surface area contributed by atoms with Crippen LogP contribution < -0.4 is 10.6 Å². The lowest BCUT2D eigenvalue weighted by Crippen LogP contribution is -2.29. The molecule has 0 atom stereocenters. The fourth-order valence-corrected chi connectivity index (χ4v) is 4.23. The third-order valence-corrected chi connectivity index (χ3v) is 6.08. The van der Waals surface area contributed by atoms with Gasteiger partial charge in [-0.3, -0.25) is 9.59 Å². The van der Waals surface area contributed by atoms with Gasteiger partial charge in [0.25, 0.3) is 5.91 Å². The van der Waals surface area contributed by atoms with Crippen molar-refractivity contribution in [2.24, 2.45) is 0 Å². The monoisotopic (exact) mass is 439 g/mol. The summed E-state index contributed by atoms with van der Waals surface area (Å²) >= 11 is 6.03. The Labute approximate surface area is 186 Å². The van der Waals surface area contributed by atoms with Crippen molar-refractivity contribution < 1.29 is 9.59 Å². The molecule has 2 heterocycles. The quantitative estimate of drug-likeness (QED) is 0.598. The number of ketones is 1. The van der Waals surface area contributed by atoms with Gasteiger partial charge >= 0.3 is 0 Å². The van der Waals surface area contributed by atoms with E-state index < -0.39 is 0 Å². The first-order valence-electron chi connectivity index (χ1n) is 10.6. The van der Waals surface area contributed by atoms with Crippen LogP contribution in [0.2, 0.25) is 5.02 Å². The van der Waals surface area contributed by atoms with E-state index in [2.05, 4.69) is 20.7 Å². The fourth-order valence-electron chi connectivity index (χ4n) is 4.00. The van der Waals surface area contributed by atoms with Crippen LogP contribution in [-0.2, 0) is 17.9 Å². The van der Waals surface area contributed by atoms with Crippen LogP contribution >= 0.6 is 11.6 Å². The zero-order chi connectivity index (χ0) is 22.0. The second kappa shape index (κ2) is 9.06. The summed E-state index contributed by atoms with van der Waals surface area (Å²) in [5.41, 5.74) is 3.98. The summed E-state index contributed by atoms with van der Waals surface area (Å²) in [4.78, 5) is 29.3. The minimum absolute atomic E-state index is 0.137. The van der Waals surface area contributed by atoms with Gasteiger partial charge in [0.05, 0.1) is 22.8 Å². The maximum Gasteiger partial charge on any atom is 0.255 e. The van der Waals surface area contributed by atoms with Crippen LogP contribution in [0.3, 0.4) is 0 Å². The molecule has 8 heteroatoms. The highest BCUT2D eigenvalue weighted by Crippen LogP contribution is 2.29. The minimum atomic E-state index is -0.206. The Bertz CT molecular complexity index is 1130. The average Bonchev–Trinajstić information content (AvgIpc) is 3.18. The third-order valence-electron chi connectivity index (χ3n) is 5.85. The van der Waals surface area contributed by atoms with Crippen molar-refractivity contribution in [1.29, 1.82) is 0 Å². The third kappa shape index (κ3) is 4.56. The number of hydrogen-bond donors (Lipinski definition) is 2. The van der Waals surface area contributed by atoms with Crippen LogP contribution in [-0.4, -0.2) is 32.5 Å². The van der Waals surface area contributed by atoms with Crippen molar-refractivity contribution in [2.45, 2.75) is 58.7 Å². The summed E-state index contributed by atoms with van der Waals surface area (Å²) in [6, 6.07) is 5.76. The number of benzene rings is 1. The van der Waals surface area contributed by atoms with E-state index in [1.54, 1.807) is 12.4 Å². The van der Waals surface area contributed by atoms with Gasteiger partial charge in [-0.25, -0.2) is 9.67 Å². The van der Waals surface area contributed by atoms with Gasteiger partial charge in [0.2, 0.25) is 0 Å². The molecule has 2 aromatic heterocycles. The van der Waals surface area contributed by atoms with Crippen LogP contribution in [0.4, 0.5) is 5.69 Å². The number of carbonyl (C=O) groups excluding carboxylic acids is 2. The molecule has 2 N–H and O–H groups in total. The SMILES string of the molecule is CCn1ncc2c(NC3CCC(=O)CC3)c(C(=O)NCc3ccc(Cl)cc3C)cnc21. The highest BCUT2D eigenvalue weighted by molar-refractivity contribution is 6.30. The maximum absolute atomic E-state index is 13.1. The lowest BCUT2D eigenvalue weighted by molar-refractivity contribution is -0.120. The van der Waals surface area contributed by atoms with E-state index in [1.165, 1.54) is 0 Å². The Morgan fingerprint density at radius 2 is 2.03 bits per heavy atom. The molecule has 1 aliphatic carbocycles. The molecule has 1 aliphatic rings. The number of nitrogens with zero attached hydrogens (tertiary/aromatic N) is 3. The number of aromatic nitrogens is 3. The summed E-state index contributed by atoms with van der Waals surface area (Å²) in [6.45, 7) is 5.06. The second-order valence-electron chi connectivity index (χ2n) is 7.96. The Hall–Kier alpha value is -2.93. The van der Waals surface area contributed by atoms with Crippen LogP contribution in [0, 0.1) is 6.92 Å². The van der Waals surface area contributed by atoms with Gasteiger partial charge in [-0.15, -0.1) is 0 Å². The Balaban J connectivity index is 1.62. The van der Waals surface area contributed by atoms with E-state index in [0.29, 0.717) is 42.3 Å². The highest BCUT2D eigenvalue weighted by atomic mass is 35.5. The number of hydrogen-bond acceptors (Lipinski definition) is 5. The van der Waals surface area contributed by atoms with E-state index in [-0.39, 0.29) is 11.9 Å². The van der Waals surface area contributed by atoms with E-state index in [9.17, 15) is 9.59 Å². The number of amides is 1. The second-order valence-corrected chi connectivity index (χ2v) is 8.39. The number of aryl methyl sites for hydroxylation is 2. The van der Waals surface area contributed by atoms with E-state index >= 15 is 0 Å². The van der Waals surface area contributed by atoms with Gasteiger partial charge in [-0.05, 0) is 49.9 Å². The van der Waals surface area contributed by atoms with Gasteiger partial charge in [0, 0.05) is 43.2 Å². The summed E-state index contributed by atoms with van der Waals surface area (Å²) < 4.78 is 1.81. The molecule has 0 radical (unpaired) electrons. The molecule has 31 heavy (non-hydrogen) atoms. The van der Waals surface area contributed by atoms with E-state index in [1.807, 2.05) is 36.7 Å². The van der Waals surface area contributed by atoms with Gasteiger partial charge in [0.15, 0.2) is 5.65 Å². The van der Waals surface area contributed by atoms with Crippen molar-refractivity contribution in [2.75, 3.05) is 5.32 Å². The molecule has 0 spiro atoms. The molecule has 0 bridgehead atoms. The molecule has 1 fully saturated rings. The molecule has 0 unspecified atom stereocenters. The van der Waals surface area contributed by atoms with Crippen LogP contribution in [0.25, 0.3) is 11.0 Å². The Kier molecular flexibility index (Phi) is 6.23. The first-order valence-corrected chi connectivity index (χ1v) is 11.0. The molecule has 1 amide bonds. The number of Topliss-reactive ketones (excluding diaryl/α,β-unsaturated/α-hetero) is 1. The summed E-state index contributed by atoms with van der Waals surface area (Å²) in [6.07, 6.45) is 6.01. The molecule has 1 aromatic carbocycles. The molecular weight excluding hydrogens is 414 g/mol. The van der Waals surface area contributed by atoms with Crippen LogP contribution in [0.15, 0.2) is 30.6 Å². The Morgan fingerprint density at radius 3 is 2.74 bits per heavy atom. The largest absolute Gasteiger partial charge is 0.381 e. The van der Waals surface area contributed by atoms with Gasteiger partial charge in [-0.2, -0.15) is 5.10 Å². The van der Waals surface area contributed by atoms with Crippen molar-refractivity contribution >= 4 is 40.0 Å². The van der Waals surface area contributed by atoms with Crippen molar-refractivity contribution in [1.82, 2.24) is 20.1 Å². The number of pyridine rings is 1. The summed E-state index contributed by atoms with van der Waals surface area (Å²) in [5, 5.41) is 12.4. The molecule has 1 saturated carbocycles. The van der Waals surface area contributed by atoms with Crippen LogP contribution in [0.5, 0.6) is 0 Å². The topological polar surface area (TPSA) is 88.9 Å². The van der Waals surface area contributed by atoms with Gasteiger partial charge < -0.3 is 10.6 Å². The first kappa shape index (κ1) is 21.3. The van der Waals surface area contributed by atoms with Crippen LogP contribution in [0.1, 0.15) is 54.1 Å². The highest BCUT2D eigenvalue weighted by Gasteiger charge is 2.23. The van der Waals surface area contributed by atoms with Crippen molar-refractivity contribution in [3.8, 4) is 0 Å².